The van der Waals surface area contributed by atoms with E-state index >= 15 is 0 Å². The fourth-order valence-corrected chi connectivity index (χ4v) is 3.40. The lowest BCUT2D eigenvalue weighted by atomic mass is 9.78. The fourth-order valence-electron chi connectivity index (χ4n) is 2.96. The molecule has 4 heteroatoms. The van der Waals surface area contributed by atoms with E-state index in [0.29, 0.717) is 5.41 Å². The topological polar surface area (TPSA) is 37.8 Å². The van der Waals surface area contributed by atoms with Crippen LogP contribution in [0.5, 0.6) is 0 Å². The van der Waals surface area contributed by atoms with E-state index in [0.717, 1.165) is 17.6 Å². The first-order valence-electron chi connectivity index (χ1n) is 6.20. The summed E-state index contributed by atoms with van der Waals surface area (Å²) in [5.41, 5.74) is 2.30. The average Bonchev–Trinajstić information content (AvgIpc) is 2.84. The summed E-state index contributed by atoms with van der Waals surface area (Å²) in [5, 5.41) is 12.3. The molecule has 1 aliphatic carbocycles. The van der Waals surface area contributed by atoms with Crippen LogP contribution in [-0.2, 0) is 0 Å². The smallest absolute Gasteiger partial charge is 0.205 e. The van der Waals surface area contributed by atoms with Gasteiger partial charge in [-0.15, -0.1) is 10.2 Å². The Hall–Kier alpha value is -0.640. The van der Waals surface area contributed by atoms with Gasteiger partial charge in [0.1, 0.15) is 5.51 Å². The maximum atomic E-state index is 4.04. The van der Waals surface area contributed by atoms with E-state index in [1.807, 2.05) is 0 Å². The van der Waals surface area contributed by atoms with Crippen LogP contribution < -0.4 is 5.32 Å². The predicted octanol–water partition coefficient (Wildman–Crippen LogP) is 3.56. The number of nitrogens with zero attached hydrogens (tertiary/aromatic N) is 2. The van der Waals surface area contributed by atoms with Crippen LogP contribution in [0.2, 0.25) is 0 Å². The third-order valence-corrected chi connectivity index (χ3v) is 4.13. The van der Waals surface area contributed by atoms with Gasteiger partial charge in [-0.05, 0) is 30.6 Å². The normalized spacial score (nSPS) is 19.2. The van der Waals surface area contributed by atoms with Crippen LogP contribution >= 0.6 is 11.3 Å². The molecule has 16 heavy (non-hydrogen) atoms. The lowest BCUT2D eigenvalue weighted by Crippen LogP contribution is -2.28. The van der Waals surface area contributed by atoms with Crippen LogP contribution in [0.4, 0.5) is 5.13 Å². The number of hydrogen-bond acceptors (Lipinski definition) is 4. The summed E-state index contributed by atoms with van der Waals surface area (Å²) >= 11 is 1.59. The molecule has 0 saturated heterocycles. The minimum absolute atomic E-state index is 0.514. The van der Waals surface area contributed by atoms with Crippen LogP contribution in [0.3, 0.4) is 0 Å². The van der Waals surface area contributed by atoms with Gasteiger partial charge in [0.05, 0.1) is 0 Å². The summed E-state index contributed by atoms with van der Waals surface area (Å²) in [6.07, 6.45) is 6.86. The van der Waals surface area contributed by atoms with Crippen molar-refractivity contribution in [1.82, 2.24) is 10.2 Å². The Balaban J connectivity index is 1.92. The second-order valence-corrected chi connectivity index (χ2v) is 6.24. The van der Waals surface area contributed by atoms with Gasteiger partial charge in [-0.2, -0.15) is 0 Å². The molecule has 0 amide bonds. The molecular formula is C12H21N3S. The number of anilines is 1. The first-order valence-corrected chi connectivity index (χ1v) is 7.08. The molecule has 1 fully saturated rings. The molecule has 1 aromatic heterocycles. The van der Waals surface area contributed by atoms with Crippen molar-refractivity contribution in [1.29, 1.82) is 0 Å². The van der Waals surface area contributed by atoms with E-state index in [4.69, 9.17) is 0 Å². The molecule has 3 nitrogen and oxygen atoms in total. The first kappa shape index (κ1) is 11.8. The monoisotopic (exact) mass is 239 g/mol. The molecule has 1 heterocycles. The lowest BCUT2D eigenvalue weighted by molar-refractivity contribution is 0.252. The minimum atomic E-state index is 0.514. The van der Waals surface area contributed by atoms with Crippen molar-refractivity contribution in [2.75, 3.05) is 11.9 Å². The predicted molar refractivity (Wildman–Crippen MR) is 68.8 cm³/mol. The summed E-state index contributed by atoms with van der Waals surface area (Å²) in [6, 6.07) is 0. The van der Waals surface area contributed by atoms with Crippen molar-refractivity contribution in [3.05, 3.63) is 5.51 Å². The molecule has 0 radical (unpaired) electrons. The molecule has 1 N–H and O–H groups in total. The third kappa shape index (κ3) is 2.94. The molecule has 1 aromatic rings. The van der Waals surface area contributed by atoms with E-state index < -0.39 is 0 Å². The maximum Gasteiger partial charge on any atom is 0.205 e. The largest absolute Gasteiger partial charge is 0.360 e. The maximum absolute atomic E-state index is 4.04. The van der Waals surface area contributed by atoms with Crippen LogP contribution in [-0.4, -0.2) is 16.7 Å². The highest BCUT2D eigenvalue weighted by molar-refractivity contribution is 7.13. The third-order valence-electron chi connectivity index (χ3n) is 3.48. The molecule has 0 atom stereocenters. The van der Waals surface area contributed by atoms with Gasteiger partial charge in [0.25, 0.3) is 0 Å². The first-order chi connectivity index (χ1) is 7.70. The Labute approximate surface area is 102 Å². The quantitative estimate of drug-likeness (QED) is 0.853. The van der Waals surface area contributed by atoms with E-state index in [9.17, 15) is 0 Å². The van der Waals surface area contributed by atoms with Crippen LogP contribution in [0, 0.1) is 11.3 Å². The highest BCUT2D eigenvalue weighted by Gasteiger charge is 2.34. The van der Waals surface area contributed by atoms with Crippen LogP contribution in [0.1, 0.15) is 46.0 Å². The Bertz CT molecular complexity index is 302. The second-order valence-electron chi connectivity index (χ2n) is 5.40. The molecular weight excluding hydrogens is 218 g/mol. The van der Waals surface area contributed by atoms with Crippen molar-refractivity contribution in [2.45, 2.75) is 46.0 Å². The molecule has 1 saturated carbocycles. The van der Waals surface area contributed by atoms with Gasteiger partial charge in [0, 0.05) is 6.54 Å². The Kier molecular flexibility index (Phi) is 3.79. The van der Waals surface area contributed by atoms with Crippen molar-refractivity contribution in [2.24, 2.45) is 11.3 Å². The zero-order valence-electron chi connectivity index (χ0n) is 10.2. The Morgan fingerprint density at radius 3 is 2.75 bits per heavy atom. The van der Waals surface area contributed by atoms with Crippen molar-refractivity contribution < 1.29 is 0 Å². The second kappa shape index (κ2) is 5.13. The van der Waals surface area contributed by atoms with E-state index in [2.05, 4.69) is 29.4 Å². The molecule has 0 spiro atoms. The standard InChI is InChI=1S/C12H21N3S/c1-10(2)7-12(5-3-4-6-12)8-13-11-15-14-9-16-11/h9-10H,3-8H2,1-2H3,(H,13,15). The van der Waals surface area contributed by atoms with Crippen LogP contribution in [0.15, 0.2) is 5.51 Å². The molecule has 1 aliphatic rings. The zero-order valence-corrected chi connectivity index (χ0v) is 11.0. The molecule has 0 unspecified atom stereocenters. The number of aromatic nitrogens is 2. The number of nitrogens with one attached hydrogen (secondary N) is 1. The molecule has 2 rings (SSSR count). The van der Waals surface area contributed by atoms with E-state index in [-0.39, 0.29) is 0 Å². The zero-order chi connectivity index (χ0) is 11.4. The summed E-state index contributed by atoms with van der Waals surface area (Å²) in [4.78, 5) is 0. The van der Waals surface area contributed by atoms with Crippen molar-refractivity contribution >= 4 is 16.5 Å². The minimum Gasteiger partial charge on any atom is -0.360 e. The van der Waals surface area contributed by atoms with Gasteiger partial charge in [-0.3, -0.25) is 0 Å². The summed E-state index contributed by atoms with van der Waals surface area (Å²) in [5.74, 6) is 0.786. The number of rotatable bonds is 5. The summed E-state index contributed by atoms with van der Waals surface area (Å²) in [7, 11) is 0. The van der Waals surface area contributed by atoms with Gasteiger partial charge in [0.15, 0.2) is 0 Å². The van der Waals surface area contributed by atoms with Gasteiger partial charge in [-0.25, -0.2) is 0 Å². The molecule has 90 valence electrons. The van der Waals surface area contributed by atoms with Gasteiger partial charge in [0.2, 0.25) is 5.13 Å². The highest BCUT2D eigenvalue weighted by Crippen LogP contribution is 2.43. The van der Waals surface area contributed by atoms with Crippen molar-refractivity contribution in [3.63, 3.8) is 0 Å². The Morgan fingerprint density at radius 1 is 1.44 bits per heavy atom. The molecule has 0 aliphatic heterocycles. The van der Waals surface area contributed by atoms with Gasteiger partial charge >= 0.3 is 0 Å². The van der Waals surface area contributed by atoms with Crippen LogP contribution in [0.25, 0.3) is 0 Å². The van der Waals surface area contributed by atoms with Gasteiger partial charge in [-0.1, -0.05) is 38.0 Å². The average molecular weight is 239 g/mol. The van der Waals surface area contributed by atoms with E-state index in [1.165, 1.54) is 32.1 Å². The van der Waals surface area contributed by atoms with E-state index in [1.54, 1.807) is 16.8 Å². The summed E-state index contributed by atoms with van der Waals surface area (Å²) in [6.45, 7) is 5.72. The highest BCUT2D eigenvalue weighted by atomic mass is 32.1. The number of hydrogen-bond donors (Lipinski definition) is 1. The molecule has 0 bridgehead atoms. The van der Waals surface area contributed by atoms with Gasteiger partial charge < -0.3 is 5.32 Å². The lowest BCUT2D eigenvalue weighted by Gasteiger charge is -2.31. The summed E-state index contributed by atoms with van der Waals surface area (Å²) < 4.78 is 0. The fraction of sp³-hybridized carbons (Fsp3) is 0.833. The van der Waals surface area contributed by atoms with Crippen molar-refractivity contribution in [3.8, 4) is 0 Å². The Morgan fingerprint density at radius 2 is 2.19 bits per heavy atom. The SMILES string of the molecule is CC(C)CC1(CNc2nncs2)CCCC1. The molecule has 0 aromatic carbocycles.